The third-order valence-corrected chi connectivity index (χ3v) is 5.09. The molecule has 1 unspecified atom stereocenters. The van der Waals surface area contributed by atoms with E-state index in [1.807, 2.05) is 0 Å². The minimum absolute atomic E-state index is 0.0416. The highest BCUT2D eigenvalue weighted by molar-refractivity contribution is 5.76. The number of rotatable bonds is 3. The van der Waals surface area contributed by atoms with Gasteiger partial charge in [0.25, 0.3) is 0 Å². The van der Waals surface area contributed by atoms with E-state index in [1.54, 1.807) is 0 Å². The number of esters is 1. The van der Waals surface area contributed by atoms with Gasteiger partial charge in [0.15, 0.2) is 0 Å². The van der Waals surface area contributed by atoms with Crippen molar-refractivity contribution in [1.82, 2.24) is 0 Å². The molecule has 0 aromatic carbocycles. The quantitative estimate of drug-likeness (QED) is 0.628. The summed E-state index contributed by atoms with van der Waals surface area (Å²) < 4.78 is 5.69. The molecule has 1 atom stereocenters. The van der Waals surface area contributed by atoms with E-state index in [-0.39, 0.29) is 17.5 Å². The molecule has 2 rings (SSSR count). The fraction of sp³-hybridized carbons (Fsp3) is 0.938. The molecule has 2 saturated carbocycles. The number of hydrogen-bond acceptors (Lipinski definition) is 3. The number of hydrogen-bond donors (Lipinski definition) is 1. The van der Waals surface area contributed by atoms with Crippen LogP contribution in [0, 0.1) is 5.41 Å². The first-order valence-electron chi connectivity index (χ1n) is 8.08. The maximum atomic E-state index is 12.3. The van der Waals surface area contributed by atoms with Gasteiger partial charge in [0.2, 0.25) is 0 Å². The van der Waals surface area contributed by atoms with Crippen molar-refractivity contribution in [2.24, 2.45) is 11.1 Å². The topological polar surface area (TPSA) is 52.3 Å². The van der Waals surface area contributed by atoms with E-state index in [1.165, 1.54) is 44.9 Å². The van der Waals surface area contributed by atoms with Crippen LogP contribution in [0.3, 0.4) is 0 Å². The molecule has 0 heterocycles. The van der Waals surface area contributed by atoms with Gasteiger partial charge in [-0.1, -0.05) is 39.0 Å². The molecule has 3 heteroatoms. The average Bonchev–Trinajstić information content (AvgIpc) is 2.67. The average molecular weight is 267 g/mol. The Morgan fingerprint density at radius 1 is 1.05 bits per heavy atom. The Morgan fingerprint density at radius 3 is 2.16 bits per heavy atom. The van der Waals surface area contributed by atoms with Gasteiger partial charge in [-0.3, -0.25) is 4.79 Å². The monoisotopic (exact) mass is 267 g/mol. The van der Waals surface area contributed by atoms with Crippen LogP contribution >= 0.6 is 0 Å². The summed E-state index contributed by atoms with van der Waals surface area (Å²) in [5.41, 5.74) is 6.17. The van der Waals surface area contributed by atoms with Crippen LogP contribution in [0.1, 0.15) is 77.6 Å². The predicted octanol–water partition coefficient (Wildman–Crippen LogP) is 3.55. The van der Waals surface area contributed by atoms with E-state index in [2.05, 4.69) is 6.92 Å². The van der Waals surface area contributed by atoms with Crippen molar-refractivity contribution in [2.75, 3.05) is 0 Å². The molecule has 2 aliphatic rings. The highest BCUT2D eigenvalue weighted by Crippen LogP contribution is 2.38. The predicted molar refractivity (Wildman–Crippen MR) is 76.7 cm³/mol. The zero-order chi connectivity index (χ0) is 13.7. The van der Waals surface area contributed by atoms with Crippen molar-refractivity contribution in [3.8, 4) is 0 Å². The van der Waals surface area contributed by atoms with Gasteiger partial charge in [-0.2, -0.15) is 0 Å². The SMILES string of the molecule is CC1(C(N)C(=O)OC2CCCCCC2)CCCCC1. The lowest BCUT2D eigenvalue weighted by atomic mass is 9.71. The largest absolute Gasteiger partial charge is 0.461 e. The summed E-state index contributed by atoms with van der Waals surface area (Å²) in [4.78, 5) is 12.3. The second-order valence-corrected chi connectivity index (χ2v) is 6.74. The lowest BCUT2D eigenvalue weighted by Gasteiger charge is -2.37. The smallest absolute Gasteiger partial charge is 0.323 e. The minimum atomic E-state index is -0.434. The third kappa shape index (κ3) is 3.95. The van der Waals surface area contributed by atoms with Gasteiger partial charge >= 0.3 is 5.97 Å². The van der Waals surface area contributed by atoms with Gasteiger partial charge in [-0.15, -0.1) is 0 Å². The summed E-state index contributed by atoms with van der Waals surface area (Å²) in [7, 11) is 0. The Morgan fingerprint density at radius 2 is 1.58 bits per heavy atom. The standard InChI is InChI=1S/C16H29NO2/c1-16(11-7-4-8-12-16)14(17)15(18)19-13-9-5-2-3-6-10-13/h13-14H,2-12,17H2,1H3. The fourth-order valence-electron chi connectivity index (χ4n) is 3.55. The van der Waals surface area contributed by atoms with E-state index in [0.717, 1.165) is 25.7 Å². The lowest BCUT2D eigenvalue weighted by Crippen LogP contribution is -2.48. The van der Waals surface area contributed by atoms with E-state index in [4.69, 9.17) is 10.5 Å². The molecule has 0 bridgehead atoms. The molecule has 2 fully saturated rings. The Hall–Kier alpha value is -0.570. The molecule has 2 aliphatic carbocycles. The second kappa shape index (κ2) is 6.74. The molecule has 0 saturated heterocycles. The van der Waals surface area contributed by atoms with E-state index < -0.39 is 6.04 Å². The Balaban J connectivity index is 1.87. The first-order valence-corrected chi connectivity index (χ1v) is 8.08. The molecule has 2 N–H and O–H groups in total. The molecule has 3 nitrogen and oxygen atoms in total. The number of carbonyl (C=O) groups excluding carboxylic acids is 1. The first kappa shape index (κ1) is 14.8. The second-order valence-electron chi connectivity index (χ2n) is 6.74. The van der Waals surface area contributed by atoms with Crippen LogP contribution in [0.5, 0.6) is 0 Å². The number of nitrogens with two attached hydrogens (primary N) is 1. The van der Waals surface area contributed by atoms with Crippen LogP contribution in [-0.4, -0.2) is 18.1 Å². The summed E-state index contributed by atoms with van der Waals surface area (Å²) in [5, 5.41) is 0. The molecular weight excluding hydrogens is 238 g/mol. The minimum Gasteiger partial charge on any atom is -0.461 e. The van der Waals surface area contributed by atoms with Gasteiger partial charge < -0.3 is 10.5 Å². The molecule has 0 radical (unpaired) electrons. The van der Waals surface area contributed by atoms with Crippen molar-refractivity contribution < 1.29 is 9.53 Å². The molecule has 0 spiro atoms. The van der Waals surface area contributed by atoms with Crippen molar-refractivity contribution in [3.05, 3.63) is 0 Å². The molecule has 0 amide bonds. The van der Waals surface area contributed by atoms with Crippen molar-refractivity contribution in [1.29, 1.82) is 0 Å². The normalized spacial score (nSPS) is 26.4. The van der Waals surface area contributed by atoms with Gasteiger partial charge in [0, 0.05) is 0 Å². The van der Waals surface area contributed by atoms with Gasteiger partial charge in [0.1, 0.15) is 12.1 Å². The maximum absolute atomic E-state index is 12.3. The molecule has 0 aromatic rings. The van der Waals surface area contributed by atoms with Gasteiger partial charge in [-0.05, 0) is 43.9 Å². The molecule has 19 heavy (non-hydrogen) atoms. The van der Waals surface area contributed by atoms with Crippen LogP contribution in [-0.2, 0) is 9.53 Å². The maximum Gasteiger partial charge on any atom is 0.323 e. The summed E-state index contributed by atoms with van der Waals surface area (Å²) >= 11 is 0. The fourth-order valence-corrected chi connectivity index (χ4v) is 3.55. The van der Waals surface area contributed by atoms with Gasteiger partial charge in [0.05, 0.1) is 0 Å². The molecule has 0 aliphatic heterocycles. The summed E-state index contributed by atoms with van der Waals surface area (Å²) in [6.07, 6.45) is 12.9. The van der Waals surface area contributed by atoms with Crippen molar-refractivity contribution >= 4 is 5.97 Å². The van der Waals surface area contributed by atoms with Crippen LogP contribution in [0.4, 0.5) is 0 Å². The van der Waals surface area contributed by atoms with Gasteiger partial charge in [-0.25, -0.2) is 0 Å². The Bertz CT molecular complexity index is 289. The highest BCUT2D eigenvalue weighted by atomic mass is 16.5. The number of ether oxygens (including phenoxy) is 1. The summed E-state index contributed by atoms with van der Waals surface area (Å²) in [6.45, 7) is 2.16. The van der Waals surface area contributed by atoms with Crippen molar-refractivity contribution in [3.63, 3.8) is 0 Å². The highest BCUT2D eigenvalue weighted by Gasteiger charge is 2.39. The zero-order valence-electron chi connectivity index (χ0n) is 12.3. The lowest BCUT2D eigenvalue weighted by molar-refractivity contribution is -0.155. The van der Waals surface area contributed by atoms with Crippen LogP contribution < -0.4 is 5.73 Å². The Kier molecular flexibility index (Phi) is 5.26. The first-order chi connectivity index (χ1) is 9.12. The van der Waals surface area contributed by atoms with E-state index >= 15 is 0 Å². The Labute approximate surface area is 117 Å². The third-order valence-electron chi connectivity index (χ3n) is 5.09. The van der Waals surface area contributed by atoms with E-state index in [9.17, 15) is 4.79 Å². The van der Waals surface area contributed by atoms with E-state index in [0.29, 0.717) is 0 Å². The summed E-state index contributed by atoms with van der Waals surface area (Å²) in [5.74, 6) is -0.156. The zero-order valence-corrected chi connectivity index (χ0v) is 12.3. The van der Waals surface area contributed by atoms with Crippen LogP contribution in [0.15, 0.2) is 0 Å². The summed E-state index contributed by atoms with van der Waals surface area (Å²) in [6, 6.07) is -0.434. The van der Waals surface area contributed by atoms with Crippen LogP contribution in [0.25, 0.3) is 0 Å². The molecule has 110 valence electrons. The van der Waals surface area contributed by atoms with Crippen molar-refractivity contribution in [2.45, 2.75) is 89.7 Å². The number of carbonyl (C=O) groups is 1. The molecule has 0 aromatic heterocycles. The molecular formula is C16H29NO2. The van der Waals surface area contributed by atoms with Crippen LogP contribution in [0.2, 0.25) is 0 Å².